The first-order valence-electron chi connectivity index (χ1n) is 9.71. The molecule has 30 heavy (non-hydrogen) atoms. The highest BCUT2D eigenvalue weighted by molar-refractivity contribution is 7.93. The standard InChI is InChI=1S/C19H23ClFN3O5S/c20-15-9-17-13(8-16(15)21)7-14(11-29-17)30(27,28)24-6-5-23(18(25)10-24)12-19(26)1-3-22-4-2-19/h7-9,22,26H,1-6,10-12H2. The molecule has 0 saturated carbocycles. The van der Waals surface area contributed by atoms with Crippen LogP contribution in [0.1, 0.15) is 18.4 Å². The number of sulfonamides is 1. The Morgan fingerprint density at radius 2 is 2.00 bits per heavy atom. The Balaban J connectivity index is 1.47. The van der Waals surface area contributed by atoms with Crippen LogP contribution in [0.3, 0.4) is 0 Å². The summed E-state index contributed by atoms with van der Waals surface area (Å²) in [5.41, 5.74) is -0.670. The summed E-state index contributed by atoms with van der Waals surface area (Å²) in [5.74, 6) is -0.725. The molecule has 11 heteroatoms. The number of nitrogens with one attached hydrogen (secondary N) is 1. The largest absolute Gasteiger partial charge is 0.487 e. The average Bonchev–Trinajstić information content (AvgIpc) is 2.70. The van der Waals surface area contributed by atoms with E-state index >= 15 is 0 Å². The number of amides is 1. The summed E-state index contributed by atoms with van der Waals surface area (Å²) >= 11 is 5.74. The Kier molecular flexibility index (Phi) is 5.80. The first-order valence-corrected chi connectivity index (χ1v) is 11.5. The van der Waals surface area contributed by atoms with Crippen LogP contribution in [-0.2, 0) is 14.8 Å². The molecule has 2 fully saturated rings. The number of β-amino-alcohol motifs (C(OH)–C–C–N with tert-alkyl or cyclic N) is 1. The van der Waals surface area contributed by atoms with Crippen LogP contribution in [0.15, 0.2) is 17.0 Å². The summed E-state index contributed by atoms with van der Waals surface area (Å²) < 4.78 is 46.4. The number of piperazine rings is 1. The highest BCUT2D eigenvalue weighted by atomic mass is 35.5. The van der Waals surface area contributed by atoms with Gasteiger partial charge in [0.15, 0.2) is 0 Å². The van der Waals surface area contributed by atoms with Gasteiger partial charge in [-0.15, -0.1) is 0 Å². The number of hydrogen-bond donors (Lipinski definition) is 2. The molecule has 0 aliphatic carbocycles. The van der Waals surface area contributed by atoms with Crippen LogP contribution in [0.4, 0.5) is 4.39 Å². The molecule has 1 aromatic rings. The van der Waals surface area contributed by atoms with Crippen molar-refractivity contribution in [2.45, 2.75) is 18.4 Å². The van der Waals surface area contributed by atoms with Crippen molar-refractivity contribution in [2.75, 3.05) is 45.9 Å². The fraction of sp³-hybridized carbons (Fsp3) is 0.526. The van der Waals surface area contributed by atoms with Crippen molar-refractivity contribution in [3.63, 3.8) is 0 Å². The fourth-order valence-electron chi connectivity index (χ4n) is 3.93. The maximum Gasteiger partial charge on any atom is 0.243 e. The van der Waals surface area contributed by atoms with Gasteiger partial charge in [-0.25, -0.2) is 12.8 Å². The number of halogens is 2. The highest BCUT2D eigenvalue weighted by Crippen LogP contribution is 2.33. The molecule has 3 aliphatic rings. The number of piperidine rings is 1. The van der Waals surface area contributed by atoms with Gasteiger partial charge in [0, 0.05) is 31.3 Å². The fourth-order valence-corrected chi connectivity index (χ4v) is 5.50. The van der Waals surface area contributed by atoms with Crippen LogP contribution < -0.4 is 10.1 Å². The number of carbonyl (C=O) groups excluding carboxylic acids is 1. The van der Waals surface area contributed by atoms with E-state index < -0.39 is 21.4 Å². The third kappa shape index (κ3) is 4.19. The molecule has 0 radical (unpaired) electrons. The second kappa shape index (κ2) is 8.08. The molecule has 164 valence electrons. The van der Waals surface area contributed by atoms with Crippen LogP contribution in [0.25, 0.3) is 6.08 Å². The van der Waals surface area contributed by atoms with Gasteiger partial charge in [0.2, 0.25) is 15.9 Å². The second-order valence-corrected chi connectivity index (χ2v) is 10.2. The minimum absolute atomic E-state index is 0.0463. The van der Waals surface area contributed by atoms with Crippen LogP contribution in [0.2, 0.25) is 5.02 Å². The van der Waals surface area contributed by atoms with Gasteiger partial charge in [0.05, 0.1) is 22.1 Å². The molecule has 0 unspecified atom stereocenters. The molecule has 8 nitrogen and oxygen atoms in total. The maximum absolute atomic E-state index is 13.8. The molecule has 0 bridgehead atoms. The van der Waals surface area contributed by atoms with Crippen molar-refractivity contribution in [1.82, 2.24) is 14.5 Å². The first-order chi connectivity index (χ1) is 14.2. The SMILES string of the molecule is O=C1CN(S(=O)(=O)C2=Cc3cc(F)c(Cl)cc3OC2)CCN1CC1(O)CCNCC1. The molecule has 0 atom stereocenters. The molecule has 3 aliphatic heterocycles. The van der Waals surface area contributed by atoms with Gasteiger partial charge in [-0.05, 0) is 38.1 Å². The minimum atomic E-state index is -3.96. The molecule has 0 spiro atoms. The number of aliphatic hydroxyl groups is 1. The Labute approximate surface area is 179 Å². The van der Waals surface area contributed by atoms with Gasteiger partial charge in [0.1, 0.15) is 18.2 Å². The Morgan fingerprint density at radius 3 is 2.70 bits per heavy atom. The van der Waals surface area contributed by atoms with E-state index in [1.807, 2.05) is 0 Å². The van der Waals surface area contributed by atoms with Crippen LogP contribution in [0, 0.1) is 5.82 Å². The van der Waals surface area contributed by atoms with E-state index in [4.69, 9.17) is 16.3 Å². The van der Waals surface area contributed by atoms with Gasteiger partial charge >= 0.3 is 0 Å². The van der Waals surface area contributed by atoms with E-state index in [2.05, 4.69) is 5.32 Å². The average molecular weight is 460 g/mol. The van der Waals surface area contributed by atoms with Crippen molar-refractivity contribution in [2.24, 2.45) is 0 Å². The zero-order chi connectivity index (χ0) is 21.5. The first kappa shape index (κ1) is 21.5. The Bertz CT molecular complexity index is 994. The molecule has 2 N–H and O–H groups in total. The van der Waals surface area contributed by atoms with Gasteiger partial charge in [-0.1, -0.05) is 11.6 Å². The normalized spacial score (nSPS) is 22.3. The highest BCUT2D eigenvalue weighted by Gasteiger charge is 2.39. The summed E-state index contributed by atoms with van der Waals surface area (Å²) in [6, 6.07) is 2.43. The van der Waals surface area contributed by atoms with Crippen LogP contribution >= 0.6 is 11.6 Å². The lowest BCUT2D eigenvalue weighted by molar-refractivity contribution is -0.139. The molecule has 0 aromatic heterocycles. The van der Waals surface area contributed by atoms with Crippen molar-refractivity contribution >= 4 is 33.6 Å². The van der Waals surface area contributed by atoms with E-state index in [1.54, 1.807) is 0 Å². The molecule has 1 amide bonds. The van der Waals surface area contributed by atoms with Crippen molar-refractivity contribution in [3.8, 4) is 5.75 Å². The van der Waals surface area contributed by atoms with Crippen molar-refractivity contribution in [3.05, 3.63) is 33.4 Å². The molecular weight excluding hydrogens is 437 g/mol. The lowest BCUT2D eigenvalue weighted by atomic mass is 9.91. The maximum atomic E-state index is 13.8. The molecule has 2 saturated heterocycles. The number of nitrogens with zero attached hydrogens (tertiary/aromatic N) is 2. The van der Waals surface area contributed by atoms with E-state index in [-0.39, 0.29) is 54.2 Å². The summed E-state index contributed by atoms with van der Waals surface area (Å²) in [7, 11) is -3.96. The number of benzene rings is 1. The summed E-state index contributed by atoms with van der Waals surface area (Å²) in [4.78, 5) is 14.1. The predicted octanol–water partition coefficient (Wildman–Crippen LogP) is 0.801. The summed E-state index contributed by atoms with van der Waals surface area (Å²) in [5, 5.41) is 13.7. The van der Waals surface area contributed by atoms with Gasteiger partial charge in [-0.3, -0.25) is 4.79 Å². The van der Waals surface area contributed by atoms with Gasteiger partial charge in [-0.2, -0.15) is 4.31 Å². The smallest absolute Gasteiger partial charge is 0.243 e. The molecule has 1 aromatic carbocycles. The number of hydrogen-bond acceptors (Lipinski definition) is 6. The zero-order valence-electron chi connectivity index (χ0n) is 16.2. The summed E-state index contributed by atoms with van der Waals surface area (Å²) in [6.45, 7) is 1.33. The summed E-state index contributed by atoms with van der Waals surface area (Å²) in [6.07, 6.45) is 2.44. The predicted molar refractivity (Wildman–Crippen MR) is 109 cm³/mol. The molecule has 4 rings (SSSR count). The topological polar surface area (TPSA) is 99.2 Å². The van der Waals surface area contributed by atoms with Crippen LogP contribution in [0.5, 0.6) is 5.75 Å². The van der Waals surface area contributed by atoms with E-state index in [1.165, 1.54) is 17.0 Å². The van der Waals surface area contributed by atoms with E-state index in [9.17, 15) is 22.7 Å². The third-order valence-corrected chi connectivity index (χ3v) is 7.89. The number of fused-ring (bicyclic) bond motifs is 1. The number of rotatable bonds is 4. The second-order valence-electron chi connectivity index (χ2n) is 7.83. The third-order valence-electron chi connectivity index (χ3n) is 5.71. The van der Waals surface area contributed by atoms with Crippen molar-refractivity contribution in [1.29, 1.82) is 0 Å². The van der Waals surface area contributed by atoms with Gasteiger partial charge in [0.25, 0.3) is 0 Å². The Morgan fingerprint density at radius 1 is 1.27 bits per heavy atom. The van der Waals surface area contributed by atoms with E-state index in [0.717, 1.165) is 10.4 Å². The number of carbonyl (C=O) groups is 1. The quantitative estimate of drug-likeness (QED) is 0.691. The lowest BCUT2D eigenvalue weighted by Gasteiger charge is -2.40. The Hall–Kier alpha value is -1.72. The molecule has 3 heterocycles. The van der Waals surface area contributed by atoms with Crippen molar-refractivity contribution < 1.29 is 27.4 Å². The van der Waals surface area contributed by atoms with Gasteiger partial charge < -0.3 is 20.1 Å². The zero-order valence-corrected chi connectivity index (χ0v) is 17.8. The molecular formula is C19H23ClFN3O5S. The number of ether oxygens (including phenoxy) is 1. The minimum Gasteiger partial charge on any atom is -0.487 e. The monoisotopic (exact) mass is 459 g/mol. The lowest BCUT2D eigenvalue weighted by Crippen LogP contribution is -2.58. The van der Waals surface area contributed by atoms with Crippen LogP contribution in [-0.4, -0.2) is 80.1 Å². The van der Waals surface area contributed by atoms with E-state index in [0.29, 0.717) is 31.7 Å².